The van der Waals surface area contributed by atoms with Gasteiger partial charge in [-0.15, -0.1) is 0 Å². The third-order valence-corrected chi connectivity index (χ3v) is 5.03. The fourth-order valence-corrected chi connectivity index (χ4v) is 3.34. The summed E-state index contributed by atoms with van der Waals surface area (Å²) in [6.07, 6.45) is 0.0680. The van der Waals surface area contributed by atoms with Gasteiger partial charge < -0.3 is 14.9 Å². The van der Waals surface area contributed by atoms with Crippen LogP contribution in [0.25, 0.3) is 34.0 Å². The van der Waals surface area contributed by atoms with Gasteiger partial charge in [0.25, 0.3) is 5.89 Å². The second-order valence-corrected chi connectivity index (χ2v) is 7.29. The van der Waals surface area contributed by atoms with E-state index in [0.717, 1.165) is 11.1 Å². The lowest BCUT2D eigenvalue weighted by molar-refractivity contribution is -0.136. The summed E-state index contributed by atoms with van der Waals surface area (Å²) >= 11 is 0. The van der Waals surface area contributed by atoms with E-state index >= 15 is 0 Å². The van der Waals surface area contributed by atoms with Crippen LogP contribution >= 0.6 is 0 Å². The third-order valence-electron chi connectivity index (χ3n) is 5.03. The van der Waals surface area contributed by atoms with Gasteiger partial charge in [-0.05, 0) is 23.8 Å². The molecule has 0 aliphatic rings. The van der Waals surface area contributed by atoms with Gasteiger partial charge in [0.2, 0.25) is 5.82 Å². The molecule has 4 aromatic rings. The first kappa shape index (κ1) is 21.9. The standard InChI is InChI=1S/C25H19FN4O3/c26-22-4-2-1-3-21(22)20-10-9-18(13-19(20)14-27)25-29-24(30-33-25)17-7-5-16(6-8-17)15-28-12-11-23(31)32/h1-10,13,28H,11-12,15H2,(H,31,32). The van der Waals surface area contributed by atoms with Crippen LogP contribution in [0.3, 0.4) is 0 Å². The molecule has 0 radical (unpaired) electrons. The number of halogens is 1. The molecule has 1 aromatic heterocycles. The lowest BCUT2D eigenvalue weighted by Gasteiger charge is -2.06. The minimum Gasteiger partial charge on any atom is -0.481 e. The minimum atomic E-state index is -0.838. The SMILES string of the molecule is N#Cc1cc(-c2nc(-c3ccc(CNCCC(=O)O)cc3)no2)ccc1-c1ccccc1F. The van der Waals surface area contributed by atoms with Crippen LogP contribution in [0, 0.1) is 17.1 Å². The number of rotatable bonds is 8. The van der Waals surface area contributed by atoms with Crippen LogP contribution in [0.5, 0.6) is 0 Å². The fourth-order valence-electron chi connectivity index (χ4n) is 3.34. The van der Waals surface area contributed by atoms with E-state index in [-0.39, 0.29) is 12.3 Å². The van der Waals surface area contributed by atoms with Gasteiger partial charge in [-0.1, -0.05) is 53.7 Å². The van der Waals surface area contributed by atoms with Crippen molar-refractivity contribution in [3.8, 4) is 40.0 Å². The van der Waals surface area contributed by atoms with Crippen molar-refractivity contribution in [1.29, 1.82) is 5.26 Å². The number of hydrogen-bond donors (Lipinski definition) is 2. The smallest absolute Gasteiger partial charge is 0.304 e. The highest BCUT2D eigenvalue weighted by Gasteiger charge is 2.15. The summed E-state index contributed by atoms with van der Waals surface area (Å²) in [5.74, 6) is -0.593. The van der Waals surface area contributed by atoms with Gasteiger partial charge in [0.15, 0.2) is 0 Å². The Morgan fingerprint density at radius 1 is 1.06 bits per heavy atom. The van der Waals surface area contributed by atoms with Gasteiger partial charge in [-0.25, -0.2) is 4.39 Å². The second-order valence-electron chi connectivity index (χ2n) is 7.29. The molecule has 3 aromatic carbocycles. The summed E-state index contributed by atoms with van der Waals surface area (Å²) < 4.78 is 19.6. The molecule has 8 heteroatoms. The van der Waals surface area contributed by atoms with Gasteiger partial charge >= 0.3 is 5.97 Å². The number of nitrogens with zero attached hydrogens (tertiary/aromatic N) is 3. The molecule has 0 saturated carbocycles. The summed E-state index contributed by atoms with van der Waals surface area (Å²) in [6.45, 7) is 0.946. The monoisotopic (exact) mass is 442 g/mol. The average Bonchev–Trinajstić information content (AvgIpc) is 3.32. The summed E-state index contributed by atoms with van der Waals surface area (Å²) in [7, 11) is 0. The van der Waals surface area contributed by atoms with E-state index in [1.54, 1.807) is 36.4 Å². The highest BCUT2D eigenvalue weighted by atomic mass is 19.1. The van der Waals surface area contributed by atoms with Gasteiger partial charge in [-0.3, -0.25) is 4.79 Å². The van der Waals surface area contributed by atoms with Crippen LogP contribution in [0.15, 0.2) is 71.3 Å². The second kappa shape index (κ2) is 9.85. The zero-order valence-electron chi connectivity index (χ0n) is 17.5. The topological polar surface area (TPSA) is 112 Å². The van der Waals surface area contributed by atoms with Crippen molar-refractivity contribution in [2.45, 2.75) is 13.0 Å². The van der Waals surface area contributed by atoms with Crippen molar-refractivity contribution >= 4 is 5.97 Å². The Morgan fingerprint density at radius 3 is 2.55 bits per heavy atom. The Balaban J connectivity index is 1.51. The zero-order valence-corrected chi connectivity index (χ0v) is 17.5. The summed E-state index contributed by atoms with van der Waals surface area (Å²) in [6, 6.07) is 20.9. The maximum atomic E-state index is 14.2. The third kappa shape index (κ3) is 5.11. The average molecular weight is 442 g/mol. The van der Waals surface area contributed by atoms with Gasteiger partial charge in [-0.2, -0.15) is 10.2 Å². The molecule has 4 rings (SSSR count). The van der Waals surface area contributed by atoms with E-state index in [2.05, 4.69) is 21.5 Å². The van der Waals surface area contributed by atoms with E-state index in [1.165, 1.54) is 6.07 Å². The first-order valence-electron chi connectivity index (χ1n) is 10.2. The molecule has 2 N–H and O–H groups in total. The zero-order chi connectivity index (χ0) is 23.2. The van der Waals surface area contributed by atoms with Crippen LogP contribution in [0.2, 0.25) is 0 Å². The Labute approximate surface area is 189 Å². The largest absolute Gasteiger partial charge is 0.481 e. The summed E-state index contributed by atoms with van der Waals surface area (Å²) in [5, 5.41) is 25.3. The quantitative estimate of drug-likeness (QED) is 0.382. The van der Waals surface area contributed by atoms with Crippen LogP contribution in [-0.2, 0) is 11.3 Å². The van der Waals surface area contributed by atoms with E-state index in [1.807, 2.05) is 24.3 Å². The predicted octanol–water partition coefficient (Wildman–Crippen LogP) is 4.65. The summed E-state index contributed by atoms with van der Waals surface area (Å²) in [5.41, 5.74) is 3.45. The van der Waals surface area contributed by atoms with Crippen LogP contribution in [0.1, 0.15) is 17.5 Å². The Morgan fingerprint density at radius 2 is 1.82 bits per heavy atom. The number of carbonyl (C=O) groups is 1. The van der Waals surface area contributed by atoms with Crippen molar-refractivity contribution in [1.82, 2.24) is 15.5 Å². The van der Waals surface area contributed by atoms with Crippen LogP contribution in [0.4, 0.5) is 4.39 Å². The molecule has 0 saturated heterocycles. The van der Waals surface area contributed by atoms with E-state index in [4.69, 9.17) is 9.63 Å². The predicted molar refractivity (Wildman–Crippen MR) is 119 cm³/mol. The number of carboxylic acids is 1. The van der Waals surface area contributed by atoms with Crippen LogP contribution < -0.4 is 5.32 Å². The Kier molecular flexibility index (Phi) is 6.53. The number of aromatic nitrogens is 2. The molecule has 0 spiro atoms. The first-order chi connectivity index (χ1) is 16.0. The maximum absolute atomic E-state index is 14.2. The molecular formula is C25H19FN4O3. The molecule has 7 nitrogen and oxygen atoms in total. The number of nitrogens with one attached hydrogen (secondary N) is 1. The highest BCUT2D eigenvalue weighted by Crippen LogP contribution is 2.30. The highest BCUT2D eigenvalue weighted by molar-refractivity contribution is 5.75. The van der Waals surface area contributed by atoms with E-state index in [0.29, 0.717) is 41.2 Å². The number of nitriles is 1. The lowest BCUT2D eigenvalue weighted by Crippen LogP contribution is -2.17. The van der Waals surface area contributed by atoms with Gasteiger partial charge in [0.05, 0.1) is 18.1 Å². The molecule has 0 aliphatic carbocycles. The number of hydrogen-bond acceptors (Lipinski definition) is 6. The van der Waals surface area contributed by atoms with Crippen molar-refractivity contribution in [3.05, 3.63) is 83.7 Å². The molecular weight excluding hydrogens is 423 g/mol. The Hall–Kier alpha value is -4.35. The molecule has 164 valence electrons. The lowest BCUT2D eigenvalue weighted by atomic mass is 9.98. The number of aliphatic carboxylic acids is 1. The van der Waals surface area contributed by atoms with Gasteiger partial charge in [0, 0.05) is 35.3 Å². The first-order valence-corrected chi connectivity index (χ1v) is 10.2. The molecule has 0 atom stereocenters. The van der Waals surface area contributed by atoms with E-state index < -0.39 is 11.8 Å². The molecule has 33 heavy (non-hydrogen) atoms. The molecule has 1 heterocycles. The molecule has 0 aliphatic heterocycles. The summed E-state index contributed by atoms with van der Waals surface area (Å²) in [4.78, 5) is 15.0. The van der Waals surface area contributed by atoms with Crippen molar-refractivity contribution in [3.63, 3.8) is 0 Å². The van der Waals surface area contributed by atoms with Crippen molar-refractivity contribution < 1.29 is 18.8 Å². The minimum absolute atomic E-state index is 0.0680. The Bertz CT molecular complexity index is 1330. The molecule has 0 fully saturated rings. The van der Waals surface area contributed by atoms with Crippen molar-refractivity contribution in [2.24, 2.45) is 0 Å². The van der Waals surface area contributed by atoms with Crippen LogP contribution in [-0.4, -0.2) is 27.8 Å². The fraction of sp³-hybridized carbons (Fsp3) is 0.120. The maximum Gasteiger partial charge on any atom is 0.304 e. The van der Waals surface area contributed by atoms with Gasteiger partial charge in [0.1, 0.15) is 5.82 Å². The molecule has 0 unspecified atom stereocenters. The number of benzene rings is 3. The molecule has 0 bridgehead atoms. The van der Waals surface area contributed by atoms with Crippen molar-refractivity contribution in [2.75, 3.05) is 6.54 Å². The normalized spacial score (nSPS) is 10.7. The molecule has 0 amide bonds. The van der Waals surface area contributed by atoms with E-state index in [9.17, 15) is 14.4 Å². The number of carboxylic acid groups (broad SMARTS) is 1.